The van der Waals surface area contributed by atoms with Gasteiger partial charge < -0.3 is 5.32 Å². The molecule has 4 rings (SSSR count). The van der Waals surface area contributed by atoms with Crippen LogP contribution in [0.25, 0.3) is 11.3 Å². The minimum atomic E-state index is -0.111. The summed E-state index contributed by atoms with van der Waals surface area (Å²) in [6, 6.07) is 18.3. The molecular formula is C22H23BrN4O. The van der Waals surface area contributed by atoms with E-state index in [2.05, 4.69) is 60.6 Å². The van der Waals surface area contributed by atoms with E-state index < -0.39 is 0 Å². The van der Waals surface area contributed by atoms with Gasteiger partial charge in [-0.2, -0.15) is 5.10 Å². The van der Waals surface area contributed by atoms with E-state index in [1.54, 1.807) is 6.07 Å². The Hall–Kier alpha value is -2.44. The number of amides is 1. The molecule has 5 nitrogen and oxygen atoms in total. The first kappa shape index (κ1) is 18.9. The van der Waals surface area contributed by atoms with Crippen molar-refractivity contribution in [2.45, 2.75) is 19.4 Å². The van der Waals surface area contributed by atoms with Crippen molar-refractivity contribution >= 4 is 21.8 Å². The van der Waals surface area contributed by atoms with Crippen LogP contribution in [-0.2, 0) is 13.0 Å². The lowest BCUT2D eigenvalue weighted by Gasteiger charge is -2.28. The van der Waals surface area contributed by atoms with Crippen LogP contribution >= 0.6 is 15.9 Å². The summed E-state index contributed by atoms with van der Waals surface area (Å²) in [5.41, 5.74) is 5.13. The molecule has 0 aliphatic carbocycles. The Morgan fingerprint density at radius 1 is 1.14 bits per heavy atom. The van der Waals surface area contributed by atoms with Crippen molar-refractivity contribution < 1.29 is 4.79 Å². The zero-order chi connectivity index (χ0) is 19.3. The van der Waals surface area contributed by atoms with E-state index in [1.807, 2.05) is 24.3 Å². The Labute approximate surface area is 173 Å². The van der Waals surface area contributed by atoms with Gasteiger partial charge in [-0.05, 0) is 42.2 Å². The molecule has 1 aromatic heterocycles. The molecule has 0 atom stereocenters. The van der Waals surface area contributed by atoms with Crippen LogP contribution in [0.4, 0.5) is 0 Å². The summed E-state index contributed by atoms with van der Waals surface area (Å²) in [5.74, 6) is -0.111. The van der Waals surface area contributed by atoms with Crippen molar-refractivity contribution in [3.05, 3.63) is 75.9 Å². The number of hydrogen-bond acceptors (Lipinski definition) is 3. The molecule has 0 bridgehead atoms. The van der Waals surface area contributed by atoms with Crippen LogP contribution in [-0.4, -0.2) is 40.6 Å². The summed E-state index contributed by atoms with van der Waals surface area (Å²) < 4.78 is 1.02. The molecule has 0 spiro atoms. The molecule has 28 heavy (non-hydrogen) atoms. The number of halogens is 1. The zero-order valence-electron chi connectivity index (χ0n) is 15.6. The van der Waals surface area contributed by atoms with Gasteiger partial charge in [0.05, 0.1) is 5.69 Å². The third-order valence-electron chi connectivity index (χ3n) is 5.11. The minimum Gasteiger partial charge on any atom is -0.351 e. The predicted molar refractivity (Wildman–Crippen MR) is 114 cm³/mol. The number of carbonyl (C=O) groups is 1. The quantitative estimate of drug-likeness (QED) is 0.571. The van der Waals surface area contributed by atoms with Crippen molar-refractivity contribution in [3.8, 4) is 11.3 Å². The lowest BCUT2D eigenvalue weighted by molar-refractivity contribution is 0.0946. The van der Waals surface area contributed by atoms with E-state index in [4.69, 9.17) is 0 Å². The molecule has 1 aliphatic heterocycles. The summed E-state index contributed by atoms with van der Waals surface area (Å²) in [6.45, 7) is 3.73. The molecular weight excluding hydrogens is 416 g/mol. The van der Waals surface area contributed by atoms with E-state index in [0.717, 1.165) is 48.2 Å². The van der Waals surface area contributed by atoms with Gasteiger partial charge in [0.2, 0.25) is 0 Å². The molecule has 1 aliphatic rings. The van der Waals surface area contributed by atoms with Crippen LogP contribution in [0.1, 0.15) is 28.0 Å². The van der Waals surface area contributed by atoms with Crippen molar-refractivity contribution in [2.24, 2.45) is 0 Å². The van der Waals surface area contributed by atoms with Gasteiger partial charge >= 0.3 is 0 Å². The Morgan fingerprint density at radius 3 is 2.75 bits per heavy atom. The van der Waals surface area contributed by atoms with E-state index in [-0.39, 0.29) is 5.91 Å². The van der Waals surface area contributed by atoms with Gasteiger partial charge in [-0.25, -0.2) is 0 Å². The van der Waals surface area contributed by atoms with Crippen molar-refractivity contribution in [1.29, 1.82) is 0 Å². The maximum Gasteiger partial charge on any atom is 0.269 e. The van der Waals surface area contributed by atoms with E-state index in [1.165, 1.54) is 11.1 Å². The number of H-pyrrole nitrogens is 1. The number of rotatable bonds is 6. The minimum absolute atomic E-state index is 0.111. The zero-order valence-corrected chi connectivity index (χ0v) is 17.2. The number of fused-ring (bicyclic) bond motifs is 1. The Kier molecular flexibility index (Phi) is 5.88. The van der Waals surface area contributed by atoms with Gasteiger partial charge in [-0.15, -0.1) is 0 Å². The highest BCUT2D eigenvalue weighted by Crippen LogP contribution is 2.20. The molecule has 144 valence electrons. The summed E-state index contributed by atoms with van der Waals surface area (Å²) in [7, 11) is 0. The third-order valence-corrected chi connectivity index (χ3v) is 5.64. The van der Waals surface area contributed by atoms with Crippen molar-refractivity contribution in [3.63, 3.8) is 0 Å². The number of hydrogen-bond donors (Lipinski definition) is 2. The lowest BCUT2D eigenvalue weighted by Crippen LogP contribution is -2.33. The molecule has 2 N–H and O–H groups in total. The van der Waals surface area contributed by atoms with Crippen LogP contribution < -0.4 is 5.32 Å². The number of carbonyl (C=O) groups excluding carboxylic acids is 1. The molecule has 0 saturated heterocycles. The Bertz CT molecular complexity index is 951. The van der Waals surface area contributed by atoms with Crippen molar-refractivity contribution in [1.82, 2.24) is 20.4 Å². The molecule has 0 fully saturated rings. The predicted octanol–water partition coefficient (Wildman–Crippen LogP) is 4.02. The fourth-order valence-corrected chi connectivity index (χ4v) is 3.82. The average Bonchev–Trinajstić information content (AvgIpc) is 3.22. The first-order valence-electron chi connectivity index (χ1n) is 9.58. The molecule has 1 amide bonds. The molecule has 0 radical (unpaired) electrons. The maximum atomic E-state index is 12.4. The second-order valence-electron chi connectivity index (χ2n) is 7.08. The third kappa shape index (κ3) is 4.51. The molecule has 0 saturated carbocycles. The second-order valence-corrected chi connectivity index (χ2v) is 7.99. The van der Waals surface area contributed by atoms with Crippen LogP contribution in [0.5, 0.6) is 0 Å². The van der Waals surface area contributed by atoms with Crippen LogP contribution in [0.3, 0.4) is 0 Å². The Morgan fingerprint density at radius 2 is 1.93 bits per heavy atom. The number of nitrogens with one attached hydrogen (secondary N) is 2. The number of aromatic nitrogens is 2. The van der Waals surface area contributed by atoms with Crippen molar-refractivity contribution in [2.75, 3.05) is 19.6 Å². The van der Waals surface area contributed by atoms with Gasteiger partial charge in [-0.3, -0.25) is 14.8 Å². The first-order valence-corrected chi connectivity index (χ1v) is 10.4. The number of nitrogens with zero attached hydrogens (tertiary/aromatic N) is 2. The Balaban J connectivity index is 1.24. The van der Waals surface area contributed by atoms with E-state index in [0.29, 0.717) is 12.2 Å². The average molecular weight is 439 g/mol. The fourth-order valence-electron chi connectivity index (χ4n) is 3.55. The highest BCUT2D eigenvalue weighted by Gasteiger charge is 2.15. The summed E-state index contributed by atoms with van der Waals surface area (Å²) in [4.78, 5) is 14.8. The topological polar surface area (TPSA) is 61.0 Å². The molecule has 6 heteroatoms. The summed E-state index contributed by atoms with van der Waals surface area (Å²) >= 11 is 3.42. The normalized spacial score (nSPS) is 13.9. The molecule has 3 aromatic rings. The van der Waals surface area contributed by atoms with Gasteiger partial charge in [0.15, 0.2) is 0 Å². The van der Waals surface area contributed by atoms with E-state index in [9.17, 15) is 4.79 Å². The first-order chi connectivity index (χ1) is 13.7. The maximum absolute atomic E-state index is 12.4. The fraction of sp³-hybridized carbons (Fsp3) is 0.273. The highest BCUT2D eigenvalue weighted by atomic mass is 79.9. The summed E-state index contributed by atoms with van der Waals surface area (Å²) in [6.07, 6.45) is 2.04. The molecule has 2 aromatic carbocycles. The standard InChI is InChI=1S/C22H23BrN4O/c23-19-8-6-17(7-9-19)20-14-21(26-25-20)22(28)24-11-3-12-27-13-10-16-4-1-2-5-18(16)15-27/h1-2,4-9,14H,3,10-13,15H2,(H,24,28)(H,25,26). The number of aromatic amines is 1. The van der Waals surface area contributed by atoms with Crippen LogP contribution in [0.2, 0.25) is 0 Å². The van der Waals surface area contributed by atoms with E-state index >= 15 is 0 Å². The lowest BCUT2D eigenvalue weighted by atomic mass is 10.00. The molecule has 0 unspecified atom stereocenters. The van der Waals surface area contributed by atoms with Crippen LogP contribution in [0, 0.1) is 0 Å². The van der Waals surface area contributed by atoms with Gasteiger partial charge in [0.25, 0.3) is 5.91 Å². The van der Waals surface area contributed by atoms with Gasteiger partial charge in [-0.1, -0.05) is 52.3 Å². The summed E-state index contributed by atoms with van der Waals surface area (Å²) in [5, 5.41) is 10.1. The smallest absolute Gasteiger partial charge is 0.269 e. The van der Waals surface area contributed by atoms with Gasteiger partial charge in [0, 0.05) is 36.2 Å². The largest absolute Gasteiger partial charge is 0.351 e. The number of benzene rings is 2. The monoisotopic (exact) mass is 438 g/mol. The van der Waals surface area contributed by atoms with Gasteiger partial charge in [0.1, 0.15) is 5.69 Å². The molecule has 2 heterocycles. The SMILES string of the molecule is O=C(NCCCN1CCc2ccccc2C1)c1cc(-c2ccc(Br)cc2)n[nH]1. The van der Waals surface area contributed by atoms with Crippen LogP contribution in [0.15, 0.2) is 59.1 Å². The second kappa shape index (κ2) is 8.71. The highest BCUT2D eigenvalue weighted by molar-refractivity contribution is 9.10.